The van der Waals surface area contributed by atoms with Crippen molar-refractivity contribution >= 4 is 21.8 Å². The van der Waals surface area contributed by atoms with Gasteiger partial charge in [-0.25, -0.2) is 17.9 Å². The quantitative estimate of drug-likeness (QED) is 0.521. The Morgan fingerprint density at radius 3 is 2.07 bits per heavy atom. The molecule has 0 fully saturated rings. The van der Waals surface area contributed by atoms with E-state index in [4.69, 9.17) is 9.47 Å². The number of sulfonamides is 1. The number of carbonyl (C=O) groups excluding carboxylic acids is 2. The first-order valence-corrected chi connectivity index (χ1v) is 9.88. The van der Waals surface area contributed by atoms with Crippen LogP contribution in [0.15, 0.2) is 53.4 Å². The van der Waals surface area contributed by atoms with Crippen LogP contribution in [-0.4, -0.2) is 39.9 Å². The highest BCUT2D eigenvalue weighted by atomic mass is 32.2. The summed E-state index contributed by atoms with van der Waals surface area (Å²) >= 11 is 0. The predicted molar refractivity (Wildman–Crippen MR) is 99.5 cm³/mol. The Kier molecular flexibility index (Phi) is 7.09. The summed E-state index contributed by atoms with van der Waals surface area (Å²) in [4.78, 5) is 24.2. The van der Waals surface area contributed by atoms with Gasteiger partial charge in [-0.1, -0.05) is 6.92 Å². The van der Waals surface area contributed by atoms with Gasteiger partial charge in [0.2, 0.25) is 10.0 Å². The number of nitrogens with one attached hydrogen (secondary N) is 1. The van der Waals surface area contributed by atoms with E-state index in [0.29, 0.717) is 17.9 Å². The summed E-state index contributed by atoms with van der Waals surface area (Å²) in [5, 5.41) is 0. The molecule has 7 nitrogen and oxygen atoms in total. The van der Waals surface area contributed by atoms with Crippen LogP contribution in [0.4, 0.5) is 0 Å². The Hall–Kier alpha value is -2.71. The third-order valence-electron chi connectivity index (χ3n) is 3.56. The van der Waals surface area contributed by atoms with Gasteiger partial charge in [-0.05, 0) is 55.5 Å². The van der Waals surface area contributed by atoms with Gasteiger partial charge in [0, 0.05) is 12.1 Å². The van der Waals surface area contributed by atoms with Crippen LogP contribution in [0.1, 0.15) is 34.6 Å². The van der Waals surface area contributed by atoms with E-state index in [0.717, 1.165) is 0 Å². The minimum atomic E-state index is -3.59. The number of ether oxygens (including phenoxy) is 2. The summed E-state index contributed by atoms with van der Waals surface area (Å²) in [6.45, 7) is 3.91. The Labute approximate surface area is 158 Å². The molecule has 0 unspecified atom stereocenters. The molecule has 0 spiro atoms. The molecule has 0 aromatic heterocycles. The molecule has 0 aliphatic carbocycles. The number of hydrogen-bond donors (Lipinski definition) is 1. The normalized spacial score (nSPS) is 11.0. The van der Waals surface area contributed by atoms with E-state index < -0.39 is 22.6 Å². The van der Waals surface area contributed by atoms with Gasteiger partial charge in [0.15, 0.2) is 12.4 Å². The highest BCUT2D eigenvalue weighted by molar-refractivity contribution is 7.89. The molecule has 144 valence electrons. The summed E-state index contributed by atoms with van der Waals surface area (Å²) in [6.07, 6.45) is 0. The summed E-state index contributed by atoms with van der Waals surface area (Å²) in [6, 6.07) is 11.8. The van der Waals surface area contributed by atoms with Crippen molar-refractivity contribution in [3.8, 4) is 5.75 Å². The zero-order valence-corrected chi connectivity index (χ0v) is 15.9. The first-order chi connectivity index (χ1) is 12.9. The average Bonchev–Trinajstić information content (AvgIpc) is 2.67. The third kappa shape index (κ3) is 5.63. The largest absolute Gasteiger partial charge is 0.494 e. The Morgan fingerprint density at radius 1 is 0.926 bits per heavy atom. The number of esters is 1. The molecule has 0 amide bonds. The summed E-state index contributed by atoms with van der Waals surface area (Å²) in [7, 11) is -3.59. The second-order valence-corrected chi connectivity index (χ2v) is 7.25. The van der Waals surface area contributed by atoms with E-state index in [1.807, 2.05) is 6.92 Å². The fraction of sp³-hybridized carbons (Fsp3) is 0.263. The van der Waals surface area contributed by atoms with Crippen LogP contribution < -0.4 is 9.46 Å². The molecule has 0 saturated heterocycles. The minimum absolute atomic E-state index is 0.0476. The van der Waals surface area contributed by atoms with Crippen molar-refractivity contribution in [1.29, 1.82) is 0 Å². The molecule has 2 rings (SSSR count). The van der Waals surface area contributed by atoms with Crippen molar-refractivity contribution in [2.45, 2.75) is 18.7 Å². The molecule has 27 heavy (non-hydrogen) atoms. The lowest BCUT2D eigenvalue weighted by atomic mass is 10.1. The molecule has 0 bridgehead atoms. The van der Waals surface area contributed by atoms with Crippen LogP contribution in [0.25, 0.3) is 0 Å². The fourth-order valence-corrected chi connectivity index (χ4v) is 3.29. The van der Waals surface area contributed by atoms with E-state index in [1.54, 1.807) is 31.2 Å². The molecular formula is C19H21NO6S. The van der Waals surface area contributed by atoms with Crippen LogP contribution >= 0.6 is 0 Å². The Morgan fingerprint density at radius 2 is 1.52 bits per heavy atom. The molecule has 0 aliphatic rings. The smallest absolute Gasteiger partial charge is 0.338 e. The summed E-state index contributed by atoms with van der Waals surface area (Å²) in [5.74, 6) is -0.405. The van der Waals surface area contributed by atoms with Gasteiger partial charge in [0.25, 0.3) is 0 Å². The van der Waals surface area contributed by atoms with Crippen molar-refractivity contribution in [3.63, 3.8) is 0 Å². The SMILES string of the molecule is CCNS(=O)(=O)c1ccc(C(=O)OCC(=O)c2ccc(OCC)cc2)cc1. The molecule has 0 radical (unpaired) electrons. The predicted octanol–water partition coefficient (Wildman–Crippen LogP) is 2.42. The molecule has 0 saturated carbocycles. The molecule has 8 heteroatoms. The van der Waals surface area contributed by atoms with Gasteiger partial charge >= 0.3 is 5.97 Å². The molecule has 0 atom stereocenters. The van der Waals surface area contributed by atoms with Gasteiger partial charge in [-0.15, -0.1) is 0 Å². The lowest BCUT2D eigenvalue weighted by molar-refractivity contribution is 0.0474. The second kappa shape index (κ2) is 9.29. The Bertz CT molecular complexity index is 889. The van der Waals surface area contributed by atoms with Crippen LogP contribution in [0.3, 0.4) is 0 Å². The summed E-state index contributed by atoms with van der Waals surface area (Å²) in [5.41, 5.74) is 0.559. The zero-order valence-electron chi connectivity index (χ0n) is 15.1. The number of benzene rings is 2. The first kappa shape index (κ1) is 20.6. The Balaban J connectivity index is 1.96. The average molecular weight is 391 g/mol. The molecule has 0 aliphatic heterocycles. The monoisotopic (exact) mass is 391 g/mol. The molecule has 0 heterocycles. The van der Waals surface area contributed by atoms with Gasteiger partial charge in [0.05, 0.1) is 17.1 Å². The lowest BCUT2D eigenvalue weighted by Crippen LogP contribution is -2.23. The molecule has 1 N–H and O–H groups in total. The van der Waals surface area contributed by atoms with E-state index in [9.17, 15) is 18.0 Å². The summed E-state index contributed by atoms with van der Waals surface area (Å²) < 4.78 is 36.4. The maximum Gasteiger partial charge on any atom is 0.338 e. The van der Waals surface area contributed by atoms with Gasteiger partial charge in [-0.3, -0.25) is 4.79 Å². The number of carbonyl (C=O) groups is 2. The van der Waals surface area contributed by atoms with Gasteiger partial charge in [-0.2, -0.15) is 0 Å². The van der Waals surface area contributed by atoms with Crippen LogP contribution in [0.5, 0.6) is 5.75 Å². The van der Waals surface area contributed by atoms with Crippen molar-refractivity contribution in [2.75, 3.05) is 19.8 Å². The van der Waals surface area contributed by atoms with Gasteiger partial charge < -0.3 is 9.47 Å². The van der Waals surface area contributed by atoms with Crippen molar-refractivity contribution < 1.29 is 27.5 Å². The highest BCUT2D eigenvalue weighted by Gasteiger charge is 2.15. The van der Waals surface area contributed by atoms with E-state index in [2.05, 4.69) is 4.72 Å². The van der Waals surface area contributed by atoms with E-state index in [-0.39, 0.29) is 22.8 Å². The maximum atomic E-state index is 12.1. The fourth-order valence-electron chi connectivity index (χ4n) is 2.25. The van der Waals surface area contributed by atoms with Crippen molar-refractivity contribution in [1.82, 2.24) is 4.72 Å². The number of Topliss-reactive ketones (excluding diaryl/α,β-unsaturated/α-hetero) is 1. The highest BCUT2D eigenvalue weighted by Crippen LogP contribution is 2.14. The minimum Gasteiger partial charge on any atom is -0.494 e. The van der Waals surface area contributed by atoms with Crippen LogP contribution in [0.2, 0.25) is 0 Å². The maximum absolute atomic E-state index is 12.1. The van der Waals surface area contributed by atoms with E-state index >= 15 is 0 Å². The van der Waals surface area contributed by atoms with Crippen molar-refractivity contribution in [2.24, 2.45) is 0 Å². The third-order valence-corrected chi connectivity index (χ3v) is 5.12. The van der Waals surface area contributed by atoms with E-state index in [1.165, 1.54) is 24.3 Å². The molecule has 2 aromatic carbocycles. The number of ketones is 1. The number of hydrogen-bond acceptors (Lipinski definition) is 6. The van der Waals surface area contributed by atoms with Crippen LogP contribution in [-0.2, 0) is 14.8 Å². The van der Waals surface area contributed by atoms with Crippen molar-refractivity contribution in [3.05, 3.63) is 59.7 Å². The second-order valence-electron chi connectivity index (χ2n) is 5.48. The topological polar surface area (TPSA) is 98.8 Å². The van der Waals surface area contributed by atoms with Crippen LogP contribution in [0, 0.1) is 0 Å². The first-order valence-electron chi connectivity index (χ1n) is 8.40. The lowest BCUT2D eigenvalue weighted by Gasteiger charge is -2.07. The number of rotatable bonds is 9. The standard InChI is InChI=1S/C19H21NO6S/c1-3-20-27(23,24)17-11-7-15(8-12-17)19(22)26-13-18(21)14-5-9-16(10-6-14)25-4-2/h5-12,20H,3-4,13H2,1-2H3. The zero-order chi connectivity index (χ0) is 19.9. The molecular weight excluding hydrogens is 370 g/mol. The van der Waals surface area contributed by atoms with Gasteiger partial charge in [0.1, 0.15) is 5.75 Å². The molecule has 2 aromatic rings.